The summed E-state index contributed by atoms with van der Waals surface area (Å²) >= 11 is 7.64. The Kier molecular flexibility index (Phi) is 5.03. The third kappa shape index (κ3) is 3.74. The molecule has 0 spiro atoms. The van der Waals surface area contributed by atoms with Gasteiger partial charge in [0.25, 0.3) is 0 Å². The van der Waals surface area contributed by atoms with Gasteiger partial charge in [0.15, 0.2) is 16.6 Å². The molecule has 4 heterocycles. The second-order valence-electron chi connectivity index (χ2n) is 9.04. The Morgan fingerprint density at radius 3 is 2.69 bits per heavy atom. The molecule has 0 aromatic carbocycles. The van der Waals surface area contributed by atoms with Crippen molar-refractivity contribution < 1.29 is 4.79 Å². The van der Waals surface area contributed by atoms with Gasteiger partial charge in [-0.25, -0.2) is 9.97 Å². The van der Waals surface area contributed by atoms with Crippen LogP contribution in [0.1, 0.15) is 55.1 Å². The molecule has 2 aliphatic carbocycles. The van der Waals surface area contributed by atoms with E-state index >= 15 is 0 Å². The SMILES string of the molecule is Nc1nc(Cl)nc2c1ncn2[C@H]1CC[C@@H](C(=O)Nc2nc3c(s2)CN(C2CC2)CC3)CC1. The summed E-state index contributed by atoms with van der Waals surface area (Å²) in [5.41, 5.74) is 8.32. The molecule has 3 N–H and O–H groups in total. The normalized spacial score (nSPS) is 23.9. The molecule has 168 valence electrons. The van der Waals surface area contributed by atoms with Crippen molar-refractivity contribution in [2.75, 3.05) is 17.6 Å². The van der Waals surface area contributed by atoms with Crippen molar-refractivity contribution in [2.24, 2.45) is 5.92 Å². The lowest BCUT2D eigenvalue weighted by Gasteiger charge is -2.28. The van der Waals surface area contributed by atoms with E-state index in [1.54, 1.807) is 17.7 Å². The number of nitrogens with two attached hydrogens (primary N) is 1. The fourth-order valence-corrected chi connectivity index (χ4v) is 6.23. The lowest BCUT2D eigenvalue weighted by atomic mass is 9.85. The molecule has 0 radical (unpaired) electrons. The zero-order valence-electron chi connectivity index (χ0n) is 17.6. The van der Waals surface area contributed by atoms with Gasteiger partial charge < -0.3 is 15.6 Å². The number of rotatable bonds is 4. The summed E-state index contributed by atoms with van der Waals surface area (Å²) in [4.78, 5) is 34.2. The van der Waals surface area contributed by atoms with Gasteiger partial charge in [0.1, 0.15) is 5.52 Å². The van der Waals surface area contributed by atoms with Gasteiger partial charge in [0.2, 0.25) is 11.2 Å². The molecular formula is C21H25ClN8OS. The molecule has 0 bridgehead atoms. The predicted molar refractivity (Wildman–Crippen MR) is 124 cm³/mol. The molecule has 11 heteroatoms. The average molecular weight is 473 g/mol. The van der Waals surface area contributed by atoms with Gasteiger partial charge in [-0.3, -0.25) is 9.69 Å². The summed E-state index contributed by atoms with van der Waals surface area (Å²) in [6.45, 7) is 2.07. The quantitative estimate of drug-likeness (QED) is 0.559. The molecule has 2 fully saturated rings. The first-order chi connectivity index (χ1) is 15.5. The van der Waals surface area contributed by atoms with E-state index in [-0.39, 0.29) is 23.2 Å². The van der Waals surface area contributed by atoms with Crippen LogP contribution in [0.25, 0.3) is 11.2 Å². The van der Waals surface area contributed by atoms with Crippen LogP contribution in [0, 0.1) is 5.92 Å². The first-order valence-corrected chi connectivity index (χ1v) is 12.4. The van der Waals surface area contributed by atoms with Crippen molar-refractivity contribution in [3.8, 4) is 0 Å². The van der Waals surface area contributed by atoms with E-state index in [0.29, 0.717) is 17.0 Å². The molecule has 0 atom stereocenters. The number of halogens is 1. The van der Waals surface area contributed by atoms with E-state index < -0.39 is 0 Å². The monoisotopic (exact) mass is 472 g/mol. The van der Waals surface area contributed by atoms with Crippen LogP contribution in [0.3, 0.4) is 0 Å². The standard InChI is InChI=1S/C21H25ClN8OS/c22-20-26-17(23)16-18(27-20)30(10-24-16)13-3-1-11(2-4-13)19(31)28-21-25-14-7-8-29(12-5-6-12)9-15(14)32-21/h10-13H,1-9H2,(H2,23,26,27)(H,25,28,31)/t11-,13+. The molecule has 3 aromatic heterocycles. The van der Waals surface area contributed by atoms with E-state index in [2.05, 4.69) is 25.2 Å². The number of nitrogens with one attached hydrogen (secondary N) is 1. The van der Waals surface area contributed by atoms with Gasteiger partial charge in [0.05, 0.1) is 12.0 Å². The van der Waals surface area contributed by atoms with Crippen molar-refractivity contribution >= 4 is 51.0 Å². The number of hydrogen-bond donors (Lipinski definition) is 2. The topological polar surface area (TPSA) is 115 Å². The number of thiazole rings is 1. The number of amides is 1. The van der Waals surface area contributed by atoms with Crippen LogP contribution >= 0.6 is 22.9 Å². The largest absolute Gasteiger partial charge is 0.382 e. The third-order valence-electron chi connectivity index (χ3n) is 6.94. The van der Waals surface area contributed by atoms with Gasteiger partial charge in [-0.05, 0) is 50.1 Å². The number of carbonyl (C=O) groups excluding carboxylic acids is 1. The minimum absolute atomic E-state index is 0.00629. The Labute approximate surface area is 194 Å². The summed E-state index contributed by atoms with van der Waals surface area (Å²) < 4.78 is 2.02. The van der Waals surface area contributed by atoms with Crippen molar-refractivity contribution in [3.05, 3.63) is 22.2 Å². The van der Waals surface area contributed by atoms with E-state index in [4.69, 9.17) is 22.3 Å². The number of carbonyl (C=O) groups is 1. The first kappa shape index (κ1) is 20.3. The van der Waals surface area contributed by atoms with E-state index in [9.17, 15) is 4.79 Å². The number of imidazole rings is 1. The highest BCUT2D eigenvalue weighted by molar-refractivity contribution is 7.15. The maximum absolute atomic E-state index is 12.9. The van der Waals surface area contributed by atoms with Gasteiger partial charge in [-0.1, -0.05) is 0 Å². The van der Waals surface area contributed by atoms with Crippen LogP contribution in [-0.2, 0) is 17.8 Å². The van der Waals surface area contributed by atoms with Gasteiger partial charge in [-0.15, -0.1) is 11.3 Å². The molecule has 3 aliphatic rings. The Morgan fingerprint density at radius 1 is 1.12 bits per heavy atom. The highest BCUT2D eigenvalue weighted by Crippen LogP contribution is 2.37. The zero-order chi connectivity index (χ0) is 21.8. The number of aromatic nitrogens is 5. The highest BCUT2D eigenvalue weighted by atomic mass is 35.5. The molecule has 1 aliphatic heterocycles. The number of fused-ring (bicyclic) bond motifs is 2. The molecule has 2 saturated carbocycles. The smallest absolute Gasteiger partial charge is 0.229 e. The van der Waals surface area contributed by atoms with E-state index in [1.807, 2.05) is 4.57 Å². The van der Waals surface area contributed by atoms with Gasteiger partial charge in [-0.2, -0.15) is 9.97 Å². The lowest BCUT2D eigenvalue weighted by Crippen LogP contribution is -2.31. The molecule has 6 rings (SSSR count). The molecular weight excluding hydrogens is 448 g/mol. The minimum atomic E-state index is -0.00629. The van der Waals surface area contributed by atoms with Crippen molar-refractivity contribution in [3.63, 3.8) is 0 Å². The first-order valence-electron chi connectivity index (χ1n) is 11.2. The highest BCUT2D eigenvalue weighted by Gasteiger charge is 2.33. The van der Waals surface area contributed by atoms with E-state index in [0.717, 1.165) is 62.1 Å². The summed E-state index contributed by atoms with van der Waals surface area (Å²) in [5.74, 6) is 0.366. The number of anilines is 2. The van der Waals surface area contributed by atoms with Crippen molar-refractivity contribution in [2.45, 2.75) is 63.6 Å². The third-order valence-corrected chi connectivity index (χ3v) is 8.10. The Balaban J connectivity index is 1.09. The lowest BCUT2D eigenvalue weighted by molar-refractivity contribution is -0.120. The van der Waals surface area contributed by atoms with E-state index in [1.165, 1.54) is 17.7 Å². The Morgan fingerprint density at radius 2 is 1.91 bits per heavy atom. The summed E-state index contributed by atoms with van der Waals surface area (Å²) in [6.07, 6.45) is 8.75. The second kappa shape index (κ2) is 7.93. The molecule has 32 heavy (non-hydrogen) atoms. The fraction of sp³-hybridized carbons (Fsp3) is 0.571. The maximum Gasteiger partial charge on any atom is 0.229 e. The molecule has 0 unspecified atom stereocenters. The van der Waals surface area contributed by atoms with Crippen LogP contribution in [0.15, 0.2) is 6.33 Å². The number of hydrogen-bond acceptors (Lipinski definition) is 8. The summed E-state index contributed by atoms with van der Waals surface area (Å²) in [7, 11) is 0. The van der Waals surface area contributed by atoms with Gasteiger partial charge >= 0.3 is 0 Å². The van der Waals surface area contributed by atoms with Crippen molar-refractivity contribution in [1.29, 1.82) is 0 Å². The van der Waals surface area contributed by atoms with Crippen LogP contribution < -0.4 is 11.1 Å². The maximum atomic E-state index is 12.9. The zero-order valence-corrected chi connectivity index (χ0v) is 19.2. The van der Waals surface area contributed by atoms with Crippen molar-refractivity contribution in [1.82, 2.24) is 29.4 Å². The van der Waals surface area contributed by atoms with Gasteiger partial charge in [0, 0.05) is 42.4 Å². The predicted octanol–water partition coefficient (Wildman–Crippen LogP) is 3.41. The number of nitrogens with zero attached hydrogens (tertiary/aromatic N) is 6. The Hall–Kier alpha value is -2.30. The molecule has 1 amide bonds. The minimum Gasteiger partial charge on any atom is -0.382 e. The van der Waals surface area contributed by atoms with Crippen LogP contribution in [0.5, 0.6) is 0 Å². The Bertz CT molecular complexity index is 1180. The summed E-state index contributed by atoms with van der Waals surface area (Å²) in [6, 6.07) is 0.986. The molecule has 0 saturated heterocycles. The second-order valence-corrected chi connectivity index (χ2v) is 10.5. The summed E-state index contributed by atoms with van der Waals surface area (Å²) in [5, 5.41) is 3.97. The van der Waals surface area contributed by atoms with Crippen LogP contribution in [0.4, 0.5) is 10.9 Å². The molecule has 3 aromatic rings. The molecule has 9 nitrogen and oxygen atoms in total. The average Bonchev–Trinajstić information content (AvgIpc) is 3.42. The fourth-order valence-electron chi connectivity index (χ4n) is 5.02. The van der Waals surface area contributed by atoms with Crippen LogP contribution in [-0.4, -0.2) is 47.9 Å². The van der Waals surface area contributed by atoms with Crippen LogP contribution in [0.2, 0.25) is 5.28 Å². The number of nitrogen functional groups attached to an aromatic ring is 1.